The summed E-state index contributed by atoms with van der Waals surface area (Å²) in [6, 6.07) is 1.15. The molecular formula is C6H7FN2OS. The Morgan fingerprint density at radius 1 is 1.64 bits per heavy atom. The maximum Gasteiger partial charge on any atom is 0.251 e. The molecule has 0 aromatic carbocycles. The van der Waals surface area contributed by atoms with Gasteiger partial charge in [-0.1, -0.05) is 0 Å². The summed E-state index contributed by atoms with van der Waals surface area (Å²) < 4.78 is 12.7. The second-order valence-electron chi connectivity index (χ2n) is 2.16. The zero-order valence-electron chi connectivity index (χ0n) is 5.85. The number of H-pyrrole nitrogens is 2. The third-order valence-electron chi connectivity index (χ3n) is 1.21. The van der Waals surface area contributed by atoms with Gasteiger partial charge in [0.2, 0.25) is 0 Å². The van der Waals surface area contributed by atoms with E-state index >= 15 is 0 Å². The summed E-state index contributed by atoms with van der Waals surface area (Å²) in [4.78, 5) is 15.5. The molecule has 0 aliphatic rings. The summed E-state index contributed by atoms with van der Waals surface area (Å²) in [6.45, 7) is 1.33. The Labute approximate surface area is 67.3 Å². The van der Waals surface area contributed by atoms with E-state index in [0.717, 1.165) is 6.07 Å². The molecule has 0 radical (unpaired) electrons. The lowest BCUT2D eigenvalue weighted by molar-refractivity contribution is 0.364. The molecule has 1 unspecified atom stereocenters. The molecule has 1 aromatic rings. The minimum atomic E-state index is -1.20. The average molecular weight is 174 g/mol. The highest BCUT2D eigenvalue weighted by Crippen LogP contribution is 2.09. The molecule has 1 rings (SSSR count). The maximum atomic E-state index is 12.6. The van der Waals surface area contributed by atoms with Crippen LogP contribution in [0.4, 0.5) is 4.39 Å². The van der Waals surface area contributed by atoms with Crippen molar-refractivity contribution in [3.63, 3.8) is 0 Å². The van der Waals surface area contributed by atoms with Gasteiger partial charge in [0.25, 0.3) is 5.56 Å². The molecule has 0 amide bonds. The Kier molecular flexibility index (Phi) is 2.19. The molecule has 5 heteroatoms. The molecule has 0 spiro atoms. The van der Waals surface area contributed by atoms with E-state index in [1.54, 1.807) is 0 Å². The van der Waals surface area contributed by atoms with Crippen molar-refractivity contribution < 1.29 is 4.39 Å². The van der Waals surface area contributed by atoms with E-state index in [4.69, 9.17) is 0 Å². The van der Waals surface area contributed by atoms with Crippen LogP contribution < -0.4 is 5.56 Å². The quantitative estimate of drug-likeness (QED) is 0.633. The van der Waals surface area contributed by atoms with Crippen LogP contribution in [0.25, 0.3) is 0 Å². The van der Waals surface area contributed by atoms with Crippen molar-refractivity contribution in [3.05, 3.63) is 26.9 Å². The topological polar surface area (TPSA) is 48.6 Å². The number of halogens is 1. The van der Waals surface area contributed by atoms with Gasteiger partial charge in [0.15, 0.2) is 4.77 Å². The fourth-order valence-corrected chi connectivity index (χ4v) is 0.920. The largest absolute Gasteiger partial charge is 0.333 e. The van der Waals surface area contributed by atoms with Gasteiger partial charge in [-0.2, -0.15) is 0 Å². The lowest BCUT2D eigenvalue weighted by Crippen LogP contribution is -2.08. The fourth-order valence-electron chi connectivity index (χ4n) is 0.702. The predicted octanol–water partition coefficient (Wildman–Crippen LogP) is 1.46. The first-order valence-electron chi connectivity index (χ1n) is 3.07. The second kappa shape index (κ2) is 2.96. The minimum Gasteiger partial charge on any atom is -0.333 e. The number of aromatic amines is 2. The van der Waals surface area contributed by atoms with Crippen LogP contribution in [0.5, 0.6) is 0 Å². The first-order valence-corrected chi connectivity index (χ1v) is 3.48. The van der Waals surface area contributed by atoms with E-state index in [1.807, 2.05) is 0 Å². The van der Waals surface area contributed by atoms with Crippen molar-refractivity contribution in [2.75, 3.05) is 0 Å². The van der Waals surface area contributed by atoms with Crippen molar-refractivity contribution in [1.82, 2.24) is 9.97 Å². The fraction of sp³-hybridized carbons (Fsp3) is 0.333. The standard InChI is InChI=1S/C6H7FN2OS/c1-3(7)4-2-5(10)9-6(11)8-4/h2-3H,1H3,(H2,8,9,10,11). The molecule has 2 N–H and O–H groups in total. The first-order chi connectivity index (χ1) is 5.09. The Balaban J connectivity index is 3.30. The molecule has 0 saturated carbocycles. The summed E-state index contributed by atoms with van der Waals surface area (Å²) in [6.07, 6.45) is -1.20. The number of alkyl halides is 1. The molecule has 3 nitrogen and oxygen atoms in total. The average Bonchev–Trinajstić information content (AvgIpc) is 1.85. The summed E-state index contributed by atoms with van der Waals surface area (Å²) >= 11 is 4.63. The molecule has 0 aliphatic carbocycles. The van der Waals surface area contributed by atoms with E-state index in [2.05, 4.69) is 22.2 Å². The molecule has 1 heterocycles. The predicted molar refractivity (Wildman–Crippen MR) is 41.8 cm³/mol. The molecule has 11 heavy (non-hydrogen) atoms. The Bertz CT molecular complexity index is 326. The van der Waals surface area contributed by atoms with Crippen molar-refractivity contribution >= 4 is 12.2 Å². The first kappa shape index (κ1) is 8.13. The van der Waals surface area contributed by atoms with Crippen LogP contribution in [0.1, 0.15) is 18.8 Å². The molecule has 1 atom stereocenters. The van der Waals surface area contributed by atoms with E-state index < -0.39 is 6.17 Å². The van der Waals surface area contributed by atoms with E-state index in [1.165, 1.54) is 6.92 Å². The third-order valence-corrected chi connectivity index (χ3v) is 1.41. The van der Waals surface area contributed by atoms with Gasteiger partial charge < -0.3 is 4.98 Å². The summed E-state index contributed by atoms with van der Waals surface area (Å²) in [7, 11) is 0. The molecule has 60 valence electrons. The number of hydrogen-bond donors (Lipinski definition) is 2. The van der Waals surface area contributed by atoms with Gasteiger partial charge in [-0.15, -0.1) is 0 Å². The van der Waals surface area contributed by atoms with E-state index in [9.17, 15) is 9.18 Å². The maximum absolute atomic E-state index is 12.6. The minimum absolute atomic E-state index is 0.150. The van der Waals surface area contributed by atoms with Gasteiger partial charge in [-0.3, -0.25) is 9.78 Å². The highest BCUT2D eigenvalue weighted by molar-refractivity contribution is 7.71. The Hall–Kier alpha value is -0.970. The molecule has 0 saturated heterocycles. The van der Waals surface area contributed by atoms with Gasteiger partial charge in [0.05, 0.1) is 5.69 Å². The van der Waals surface area contributed by atoms with Crippen LogP contribution in [0.2, 0.25) is 0 Å². The molecule has 0 fully saturated rings. The van der Waals surface area contributed by atoms with Crippen LogP contribution in [-0.4, -0.2) is 9.97 Å². The summed E-state index contributed by atoms with van der Waals surface area (Å²) in [5.41, 5.74) is -0.174. The van der Waals surface area contributed by atoms with Crippen molar-refractivity contribution in [2.45, 2.75) is 13.1 Å². The third kappa shape index (κ3) is 1.98. The molecule has 0 aliphatic heterocycles. The normalized spacial score (nSPS) is 12.9. The zero-order valence-corrected chi connectivity index (χ0v) is 6.67. The van der Waals surface area contributed by atoms with Crippen LogP contribution >= 0.6 is 12.2 Å². The van der Waals surface area contributed by atoms with Crippen LogP contribution in [0.15, 0.2) is 10.9 Å². The smallest absolute Gasteiger partial charge is 0.251 e. The van der Waals surface area contributed by atoms with E-state index in [-0.39, 0.29) is 16.0 Å². The number of hydrogen-bond acceptors (Lipinski definition) is 2. The van der Waals surface area contributed by atoms with Gasteiger partial charge >= 0.3 is 0 Å². The van der Waals surface area contributed by atoms with Gasteiger partial charge in [0.1, 0.15) is 6.17 Å². The zero-order chi connectivity index (χ0) is 8.43. The van der Waals surface area contributed by atoms with Crippen LogP contribution in [0.3, 0.4) is 0 Å². The number of rotatable bonds is 1. The lowest BCUT2D eigenvalue weighted by Gasteiger charge is -1.99. The van der Waals surface area contributed by atoms with Crippen molar-refractivity contribution in [3.8, 4) is 0 Å². The molecular weight excluding hydrogens is 167 g/mol. The SMILES string of the molecule is CC(F)c1cc(=O)[nH]c(=S)[nH]1. The van der Waals surface area contributed by atoms with Gasteiger partial charge in [-0.25, -0.2) is 4.39 Å². The van der Waals surface area contributed by atoms with Crippen molar-refractivity contribution in [1.29, 1.82) is 0 Å². The van der Waals surface area contributed by atoms with E-state index in [0.29, 0.717) is 0 Å². The second-order valence-corrected chi connectivity index (χ2v) is 2.57. The number of nitrogens with one attached hydrogen (secondary N) is 2. The highest BCUT2D eigenvalue weighted by Gasteiger charge is 2.02. The van der Waals surface area contributed by atoms with Crippen molar-refractivity contribution in [2.24, 2.45) is 0 Å². The lowest BCUT2D eigenvalue weighted by atomic mass is 10.3. The Morgan fingerprint density at radius 3 is 2.73 bits per heavy atom. The highest BCUT2D eigenvalue weighted by atomic mass is 32.1. The van der Waals surface area contributed by atoms with Crippen LogP contribution in [-0.2, 0) is 0 Å². The van der Waals surface area contributed by atoms with Crippen LogP contribution in [0, 0.1) is 4.77 Å². The van der Waals surface area contributed by atoms with Gasteiger partial charge in [-0.05, 0) is 19.1 Å². The van der Waals surface area contributed by atoms with Gasteiger partial charge in [0, 0.05) is 6.07 Å². The molecule has 0 bridgehead atoms. The summed E-state index contributed by atoms with van der Waals surface area (Å²) in [5, 5.41) is 0. The summed E-state index contributed by atoms with van der Waals surface area (Å²) in [5.74, 6) is 0. The Morgan fingerprint density at radius 2 is 2.27 bits per heavy atom. The molecule has 1 aromatic heterocycles. The monoisotopic (exact) mass is 174 g/mol. The number of aromatic nitrogens is 2.